The van der Waals surface area contributed by atoms with Crippen LogP contribution in [0.1, 0.15) is 335 Å². The molecule has 12 atom stereocenters. The smallest absolute Gasteiger partial charge is 0.220 e. The first kappa shape index (κ1) is 78.8. The van der Waals surface area contributed by atoms with E-state index in [1.807, 2.05) is 0 Å². The van der Waals surface area contributed by atoms with Crippen LogP contribution in [0, 0.1) is 0 Å². The monoisotopic (exact) mass is 1200 g/mol. The summed E-state index contributed by atoms with van der Waals surface area (Å²) in [5.41, 5.74) is 0. The lowest BCUT2D eigenvalue weighted by Crippen LogP contribution is -2.65. The lowest BCUT2D eigenvalue weighted by Gasteiger charge is -2.46. The van der Waals surface area contributed by atoms with Gasteiger partial charge in [-0.2, -0.15) is 0 Å². The van der Waals surface area contributed by atoms with Crippen molar-refractivity contribution in [2.75, 3.05) is 19.8 Å². The summed E-state index contributed by atoms with van der Waals surface area (Å²) in [4.78, 5) is 13.4. The Kier molecular flexibility index (Phi) is 52.3. The van der Waals surface area contributed by atoms with Crippen LogP contribution in [0.4, 0.5) is 0 Å². The van der Waals surface area contributed by atoms with Gasteiger partial charge in [0.1, 0.15) is 48.8 Å². The maximum atomic E-state index is 13.4. The molecule has 0 aromatic rings. The van der Waals surface area contributed by atoms with Crippen molar-refractivity contribution in [2.45, 2.75) is 408 Å². The van der Waals surface area contributed by atoms with Crippen LogP contribution in [0.2, 0.25) is 0 Å². The van der Waals surface area contributed by atoms with Crippen molar-refractivity contribution in [3.8, 4) is 0 Å². The fourth-order valence-corrected chi connectivity index (χ4v) is 12.2. The summed E-state index contributed by atoms with van der Waals surface area (Å²) in [6, 6.07) is -0.827. The Morgan fingerprint density at radius 3 is 1.13 bits per heavy atom. The van der Waals surface area contributed by atoms with Crippen molar-refractivity contribution in [1.29, 1.82) is 0 Å². The van der Waals surface area contributed by atoms with Gasteiger partial charge < -0.3 is 65.1 Å². The Labute approximate surface area is 514 Å². The van der Waals surface area contributed by atoms with E-state index in [1.165, 1.54) is 257 Å². The van der Waals surface area contributed by atoms with Gasteiger partial charge in [0, 0.05) is 6.42 Å². The number of ether oxygens (including phenoxy) is 4. The molecule has 0 spiro atoms. The van der Waals surface area contributed by atoms with Gasteiger partial charge in [-0.25, -0.2) is 0 Å². The molecule has 2 heterocycles. The van der Waals surface area contributed by atoms with Gasteiger partial charge in [-0.05, 0) is 38.5 Å². The van der Waals surface area contributed by atoms with Crippen LogP contribution in [-0.4, -0.2) is 140 Å². The van der Waals surface area contributed by atoms with E-state index in [4.69, 9.17) is 18.9 Å². The molecule has 2 aliphatic heterocycles. The SMILES string of the molecule is CCCCCCCCCC/C=C\CCCCCCCCCCCCCCCC(=O)NC(COC1OC(CO)C(OC2OC(CO)C(O)C(O)C2O)C(O)C1O)C(O)CCCCCCCCCCCCCCCCCCCCCCCCCCC. The zero-order valence-corrected chi connectivity index (χ0v) is 54.2. The molecule has 2 saturated heterocycles. The molecular weight excluding hydrogens is 1060 g/mol. The van der Waals surface area contributed by atoms with Crippen molar-refractivity contribution < 1.29 is 64.6 Å². The highest BCUT2D eigenvalue weighted by atomic mass is 16.7. The number of rotatable bonds is 60. The number of allylic oxidation sites excluding steroid dienone is 2. The summed E-state index contributed by atoms with van der Waals surface area (Å²) >= 11 is 0. The van der Waals surface area contributed by atoms with Crippen molar-refractivity contribution in [2.24, 2.45) is 0 Å². The standard InChI is InChI=1S/C70H135NO13/c1-3-5-7-9-11-13-15-17-19-21-23-25-27-29-31-33-35-37-39-41-43-45-47-49-51-53-59(74)58(57-81-69-67(80)65(78)68(61(56-73)83-69)84-70-66(79)64(77)63(76)60(55-72)82-70)71-62(75)54-52-50-48-46-44-42-40-38-36-34-32-30-28-26-24-22-20-18-16-14-12-10-8-6-4-2/h22,24,58-61,63-70,72-74,76-80H,3-21,23,25-57H2,1-2H3,(H,71,75)/b24-22-. The molecule has 2 rings (SSSR count). The van der Waals surface area contributed by atoms with E-state index in [-0.39, 0.29) is 12.5 Å². The lowest BCUT2D eigenvalue weighted by atomic mass is 9.97. The average Bonchev–Trinajstić information content (AvgIpc) is 3.18. The Balaban J connectivity index is 1.66. The number of unbranched alkanes of at least 4 members (excludes halogenated alkanes) is 45. The fraction of sp³-hybridized carbons (Fsp3) is 0.957. The lowest BCUT2D eigenvalue weighted by molar-refractivity contribution is -0.359. The Hall–Kier alpha value is -1.27. The maximum absolute atomic E-state index is 13.4. The van der Waals surface area contributed by atoms with Crippen LogP contribution in [0.25, 0.3) is 0 Å². The second-order valence-corrected chi connectivity index (χ2v) is 25.7. The minimum absolute atomic E-state index is 0.200. The number of carbonyl (C=O) groups is 1. The Morgan fingerprint density at radius 2 is 0.750 bits per heavy atom. The van der Waals surface area contributed by atoms with Crippen LogP contribution in [0.5, 0.6) is 0 Å². The summed E-state index contributed by atoms with van der Waals surface area (Å²) < 4.78 is 22.9. The quantitative estimate of drug-likeness (QED) is 0.0204. The number of aliphatic hydroxyl groups excluding tert-OH is 8. The largest absolute Gasteiger partial charge is 0.394 e. The molecule has 2 fully saturated rings. The molecule has 0 bridgehead atoms. The number of nitrogens with one attached hydrogen (secondary N) is 1. The van der Waals surface area contributed by atoms with Crippen molar-refractivity contribution in [1.82, 2.24) is 5.32 Å². The van der Waals surface area contributed by atoms with Crippen LogP contribution >= 0.6 is 0 Å². The molecule has 2 aliphatic rings. The van der Waals surface area contributed by atoms with Gasteiger partial charge in [0.2, 0.25) is 5.91 Å². The van der Waals surface area contributed by atoms with E-state index in [2.05, 4.69) is 31.3 Å². The van der Waals surface area contributed by atoms with Crippen LogP contribution in [0.15, 0.2) is 12.2 Å². The molecule has 0 aliphatic carbocycles. The Bertz CT molecular complexity index is 1460. The van der Waals surface area contributed by atoms with Gasteiger partial charge >= 0.3 is 0 Å². The summed E-state index contributed by atoms with van der Waals surface area (Å²) in [6.45, 7) is 2.92. The van der Waals surface area contributed by atoms with Crippen LogP contribution in [-0.2, 0) is 23.7 Å². The minimum Gasteiger partial charge on any atom is -0.394 e. The van der Waals surface area contributed by atoms with Gasteiger partial charge in [0.25, 0.3) is 0 Å². The van der Waals surface area contributed by atoms with Crippen molar-refractivity contribution in [3.05, 3.63) is 12.2 Å². The molecular formula is C70H135NO13. The minimum atomic E-state index is -1.78. The predicted octanol–water partition coefficient (Wildman–Crippen LogP) is 14.6. The van der Waals surface area contributed by atoms with Gasteiger partial charge in [-0.15, -0.1) is 0 Å². The molecule has 0 aromatic carbocycles. The topological polar surface area (TPSA) is 228 Å². The molecule has 0 saturated carbocycles. The van der Waals surface area contributed by atoms with E-state index >= 15 is 0 Å². The van der Waals surface area contributed by atoms with Gasteiger partial charge in [0.05, 0.1) is 32.0 Å². The highest BCUT2D eigenvalue weighted by Crippen LogP contribution is 2.30. The molecule has 12 unspecified atom stereocenters. The summed E-state index contributed by atoms with van der Waals surface area (Å²) in [5.74, 6) is -0.200. The van der Waals surface area contributed by atoms with Crippen LogP contribution < -0.4 is 5.32 Å². The summed E-state index contributed by atoms with van der Waals surface area (Å²) in [7, 11) is 0. The number of carbonyl (C=O) groups excluding carboxylic acids is 1. The third kappa shape index (κ3) is 39.7. The first-order chi connectivity index (χ1) is 41.1. The number of hydrogen-bond acceptors (Lipinski definition) is 13. The summed E-state index contributed by atoms with van der Waals surface area (Å²) in [6.07, 6.45) is 50.8. The summed E-state index contributed by atoms with van der Waals surface area (Å²) in [5, 5.41) is 87.7. The average molecular weight is 1200 g/mol. The van der Waals surface area contributed by atoms with Crippen LogP contribution in [0.3, 0.4) is 0 Å². The second kappa shape index (κ2) is 55.8. The molecule has 498 valence electrons. The third-order valence-electron chi connectivity index (χ3n) is 18.0. The number of hydrogen-bond donors (Lipinski definition) is 9. The molecule has 0 aromatic heterocycles. The molecule has 0 radical (unpaired) electrons. The predicted molar refractivity (Wildman–Crippen MR) is 342 cm³/mol. The first-order valence-electron chi connectivity index (χ1n) is 35.9. The maximum Gasteiger partial charge on any atom is 0.220 e. The molecule has 84 heavy (non-hydrogen) atoms. The van der Waals surface area contributed by atoms with Gasteiger partial charge in [-0.3, -0.25) is 4.79 Å². The third-order valence-corrected chi connectivity index (χ3v) is 18.0. The highest BCUT2D eigenvalue weighted by Gasteiger charge is 2.51. The molecule has 1 amide bonds. The van der Waals surface area contributed by atoms with Gasteiger partial charge in [-0.1, -0.05) is 302 Å². The van der Waals surface area contributed by atoms with E-state index in [1.54, 1.807) is 0 Å². The molecule has 9 N–H and O–H groups in total. The second-order valence-electron chi connectivity index (χ2n) is 25.7. The first-order valence-corrected chi connectivity index (χ1v) is 35.9. The zero-order chi connectivity index (χ0) is 60.9. The highest BCUT2D eigenvalue weighted by molar-refractivity contribution is 5.76. The van der Waals surface area contributed by atoms with E-state index < -0.39 is 86.8 Å². The molecule has 14 heteroatoms. The fourth-order valence-electron chi connectivity index (χ4n) is 12.2. The molecule has 14 nitrogen and oxygen atoms in total. The number of amides is 1. The van der Waals surface area contributed by atoms with E-state index in [0.717, 1.165) is 51.4 Å². The van der Waals surface area contributed by atoms with Gasteiger partial charge in [0.15, 0.2) is 12.6 Å². The van der Waals surface area contributed by atoms with E-state index in [0.29, 0.717) is 12.8 Å². The van der Waals surface area contributed by atoms with Crippen molar-refractivity contribution in [3.63, 3.8) is 0 Å². The normalized spacial score (nSPS) is 23.6. The van der Waals surface area contributed by atoms with Crippen molar-refractivity contribution >= 4 is 5.91 Å². The zero-order valence-electron chi connectivity index (χ0n) is 54.2. The Morgan fingerprint density at radius 1 is 0.417 bits per heavy atom. The van der Waals surface area contributed by atoms with E-state index in [9.17, 15) is 45.6 Å². The number of aliphatic hydroxyl groups is 8.